The molecular formula is C35H71O9P. The molecule has 0 aromatic heterocycles. The second kappa shape index (κ2) is 33.4. The van der Waals surface area contributed by atoms with Crippen molar-refractivity contribution in [1.82, 2.24) is 0 Å². The predicted octanol–water partition coefficient (Wildman–Crippen LogP) is 9.19. The number of aliphatic hydroxyl groups is 2. The van der Waals surface area contributed by atoms with E-state index in [1.807, 2.05) is 0 Å². The van der Waals surface area contributed by atoms with Crippen LogP contribution in [0.5, 0.6) is 0 Å². The Balaban J connectivity index is 4.22. The molecule has 0 aromatic carbocycles. The van der Waals surface area contributed by atoms with Gasteiger partial charge in [-0.15, -0.1) is 0 Å². The van der Waals surface area contributed by atoms with E-state index in [1.165, 1.54) is 122 Å². The van der Waals surface area contributed by atoms with E-state index in [0.29, 0.717) is 6.61 Å². The molecule has 3 atom stereocenters. The van der Waals surface area contributed by atoms with Crippen LogP contribution in [-0.4, -0.2) is 66.3 Å². The molecule has 3 N–H and O–H groups in total. The fourth-order valence-electron chi connectivity index (χ4n) is 5.18. The molecule has 0 bridgehead atoms. The van der Waals surface area contributed by atoms with Crippen molar-refractivity contribution >= 4 is 13.8 Å². The largest absolute Gasteiger partial charge is 0.472 e. The van der Waals surface area contributed by atoms with Crippen LogP contribution in [0.3, 0.4) is 0 Å². The summed E-state index contributed by atoms with van der Waals surface area (Å²) in [5.74, 6) is -0.381. The topological polar surface area (TPSA) is 132 Å². The van der Waals surface area contributed by atoms with E-state index in [-0.39, 0.29) is 25.6 Å². The van der Waals surface area contributed by atoms with Gasteiger partial charge in [0.2, 0.25) is 0 Å². The van der Waals surface area contributed by atoms with E-state index in [0.717, 1.165) is 32.1 Å². The molecule has 0 aromatic rings. The highest BCUT2D eigenvalue weighted by Crippen LogP contribution is 2.43. The Morgan fingerprint density at radius 1 is 0.600 bits per heavy atom. The predicted molar refractivity (Wildman–Crippen MR) is 182 cm³/mol. The number of carbonyl (C=O) groups is 1. The lowest BCUT2D eigenvalue weighted by atomic mass is 10.0. The lowest BCUT2D eigenvalue weighted by Gasteiger charge is -2.20. The Bertz CT molecular complexity index is 680. The van der Waals surface area contributed by atoms with Gasteiger partial charge in [-0.1, -0.05) is 155 Å². The first-order valence-electron chi connectivity index (χ1n) is 18.5. The van der Waals surface area contributed by atoms with E-state index in [9.17, 15) is 19.4 Å². The summed E-state index contributed by atoms with van der Waals surface area (Å²) in [6.45, 7) is 3.53. The summed E-state index contributed by atoms with van der Waals surface area (Å²) in [5, 5.41) is 18.2. The highest BCUT2D eigenvalue weighted by Gasteiger charge is 2.26. The molecule has 9 nitrogen and oxygen atoms in total. The molecule has 0 aliphatic heterocycles. The van der Waals surface area contributed by atoms with Crippen molar-refractivity contribution in [2.24, 2.45) is 0 Å². The third kappa shape index (κ3) is 33.2. The minimum Gasteiger partial charge on any atom is -0.457 e. The zero-order chi connectivity index (χ0) is 33.3. The van der Waals surface area contributed by atoms with E-state index < -0.39 is 33.2 Å². The highest BCUT2D eigenvalue weighted by atomic mass is 31.2. The van der Waals surface area contributed by atoms with Crippen LogP contribution in [-0.2, 0) is 27.9 Å². The number of hydrogen-bond acceptors (Lipinski definition) is 8. The van der Waals surface area contributed by atoms with Gasteiger partial charge in [0.15, 0.2) is 0 Å². The standard InChI is InChI=1S/C35H71O9P/c1-3-5-7-9-11-13-15-17-19-21-23-25-27-35(38)44-34(32-43-45(39,40)42-30-33(37)29-36)31-41-28-26-24-22-20-18-16-14-12-10-8-6-4-2/h33-34,36-37H,3-32H2,1-2H3,(H,39,40). The lowest BCUT2D eigenvalue weighted by molar-refractivity contribution is -0.154. The minimum atomic E-state index is -4.50. The Kier molecular flexibility index (Phi) is 33.0. The van der Waals surface area contributed by atoms with Crippen LogP contribution in [0.2, 0.25) is 0 Å². The van der Waals surface area contributed by atoms with Crippen LogP contribution in [0.1, 0.15) is 174 Å². The SMILES string of the molecule is CCCCCCCCCCCCCCOCC(COP(=O)(O)OCC(O)CO)OC(=O)CCCCCCCCCCCCCC. The fourth-order valence-corrected chi connectivity index (χ4v) is 5.97. The van der Waals surface area contributed by atoms with Crippen molar-refractivity contribution in [3.63, 3.8) is 0 Å². The van der Waals surface area contributed by atoms with E-state index >= 15 is 0 Å². The van der Waals surface area contributed by atoms with E-state index in [4.69, 9.17) is 23.6 Å². The van der Waals surface area contributed by atoms with E-state index in [1.54, 1.807) is 0 Å². The number of hydrogen-bond donors (Lipinski definition) is 3. The van der Waals surface area contributed by atoms with Crippen molar-refractivity contribution < 1.29 is 43.0 Å². The van der Waals surface area contributed by atoms with Crippen molar-refractivity contribution in [3.05, 3.63) is 0 Å². The highest BCUT2D eigenvalue weighted by molar-refractivity contribution is 7.47. The van der Waals surface area contributed by atoms with E-state index in [2.05, 4.69) is 13.8 Å². The van der Waals surface area contributed by atoms with Gasteiger partial charge in [0.25, 0.3) is 0 Å². The zero-order valence-corrected chi connectivity index (χ0v) is 30.0. The molecule has 270 valence electrons. The first-order chi connectivity index (χ1) is 21.8. The number of esters is 1. The molecule has 10 heteroatoms. The maximum Gasteiger partial charge on any atom is 0.472 e. The third-order valence-corrected chi connectivity index (χ3v) is 8.99. The molecule has 0 aliphatic rings. The van der Waals surface area contributed by atoms with Gasteiger partial charge in [-0.3, -0.25) is 13.8 Å². The molecule has 0 aliphatic carbocycles. The Labute approximate surface area is 276 Å². The monoisotopic (exact) mass is 666 g/mol. The smallest absolute Gasteiger partial charge is 0.457 e. The first-order valence-corrected chi connectivity index (χ1v) is 20.0. The molecule has 45 heavy (non-hydrogen) atoms. The van der Waals surface area contributed by atoms with Gasteiger partial charge < -0.3 is 24.6 Å². The van der Waals surface area contributed by atoms with Gasteiger partial charge in [-0.2, -0.15) is 0 Å². The molecule has 0 radical (unpaired) electrons. The number of phosphoric acid groups is 1. The third-order valence-electron chi connectivity index (χ3n) is 8.04. The molecule has 0 heterocycles. The number of ether oxygens (including phenoxy) is 2. The Morgan fingerprint density at radius 2 is 1.00 bits per heavy atom. The van der Waals surface area contributed by atoms with Gasteiger partial charge in [0.05, 0.1) is 26.4 Å². The molecule has 0 fully saturated rings. The minimum absolute atomic E-state index is 0.0570. The quantitative estimate of drug-likeness (QED) is 0.0340. The summed E-state index contributed by atoms with van der Waals surface area (Å²) in [4.78, 5) is 22.4. The van der Waals surface area contributed by atoms with Gasteiger partial charge >= 0.3 is 13.8 Å². The van der Waals surface area contributed by atoms with Crippen LogP contribution in [0.25, 0.3) is 0 Å². The summed E-state index contributed by atoms with van der Waals surface area (Å²) in [6, 6.07) is 0. The zero-order valence-electron chi connectivity index (χ0n) is 29.1. The van der Waals surface area contributed by atoms with Crippen LogP contribution in [0, 0.1) is 0 Å². The molecule has 0 rings (SSSR count). The summed E-state index contributed by atoms with van der Waals surface area (Å²) in [6.07, 6.45) is 27.7. The number of aliphatic hydroxyl groups excluding tert-OH is 2. The first kappa shape index (κ1) is 44.5. The van der Waals surface area contributed by atoms with Crippen LogP contribution < -0.4 is 0 Å². The Morgan fingerprint density at radius 3 is 1.44 bits per heavy atom. The number of rotatable bonds is 36. The normalized spacial score (nSPS) is 14.3. The molecule has 0 amide bonds. The summed E-state index contributed by atoms with van der Waals surface area (Å²) < 4.78 is 33.2. The summed E-state index contributed by atoms with van der Waals surface area (Å²) >= 11 is 0. The number of unbranched alkanes of at least 4 members (excludes halogenated alkanes) is 22. The maximum atomic E-state index is 12.5. The molecule has 0 saturated heterocycles. The molecule has 0 spiro atoms. The average Bonchev–Trinajstić information content (AvgIpc) is 3.03. The van der Waals surface area contributed by atoms with Crippen molar-refractivity contribution in [2.75, 3.05) is 33.0 Å². The van der Waals surface area contributed by atoms with Gasteiger partial charge in [-0.25, -0.2) is 4.57 Å². The summed E-state index contributed by atoms with van der Waals surface area (Å²) in [5.41, 5.74) is 0. The van der Waals surface area contributed by atoms with Crippen LogP contribution in [0.15, 0.2) is 0 Å². The van der Waals surface area contributed by atoms with Gasteiger partial charge in [-0.05, 0) is 12.8 Å². The maximum absolute atomic E-state index is 12.5. The summed E-state index contributed by atoms with van der Waals surface area (Å²) in [7, 11) is -4.50. The van der Waals surface area contributed by atoms with Crippen LogP contribution in [0.4, 0.5) is 0 Å². The van der Waals surface area contributed by atoms with Gasteiger partial charge in [0.1, 0.15) is 12.2 Å². The number of carbonyl (C=O) groups excluding carboxylic acids is 1. The molecule has 3 unspecified atom stereocenters. The molecular weight excluding hydrogens is 595 g/mol. The van der Waals surface area contributed by atoms with Crippen molar-refractivity contribution in [2.45, 2.75) is 187 Å². The van der Waals surface area contributed by atoms with Gasteiger partial charge in [0, 0.05) is 13.0 Å². The number of phosphoric ester groups is 1. The lowest BCUT2D eigenvalue weighted by Crippen LogP contribution is -2.29. The second-order valence-electron chi connectivity index (χ2n) is 12.6. The van der Waals surface area contributed by atoms with Crippen molar-refractivity contribution in [3.8, 4) is 0 Å². The second-order valence-corrected chi connectivity index (χ2v) is 14.1. The van der Waals surface area contributed by atoms with Crippen molar-refractivity contribution in [1.29, 1.82) is 0 Å². The Hall–Kier alpha value is -0.540. The average molecular weight is 667 g/mol. The fraction of sp³-hybridized carbons (Fsp3) is 0.971. The van der Waals surface area contributed by atoms with Crippen LogP contribution >= 0.6 is 7.82 Å². The molecule has 0 saturated carbocycles.